The Morgan fingerprint density at radius 2 is 1.97 bits per heavy atom. The Bertz CT molecular complexity index is 1400. The number of carbonyl (C=O) groups is 2. The van der Waals surface area contributed by atoms with Gasteiger partial charge < -0.3 is 15.7 Å². The summed E-state index contributed by atoms with van der Waals surface area (Å²) in [6.45, 7) is -0.0236. The number of carbonyl (C=O) groups excluding carboxylic acids is 2. The summed E-state index contributed by atoms with van der Waals surface area (Å²) >= 11 is 0. The zero-order valence-electron chi connectivity index (χ0n) is 19.2. The first-order valence-corrected chi connectivity index (χ1v) is 12.1. The van der Waals surface area contributed by atoms with Crippen LogP contribution in [0, 0.1) is 5.82 Å². The molecule has 4 rings (SSSR count). The smallest absolute Gasteiger partial charge is 0.869 e. The average Bonchev–Trinajstić information content (AvgIpc) is 2.83. The molecule has 0 aliphatic carbocycles. The summed E-state index contributed by atoms with van der Waals surface area (Å²) in [6.07, 6.45) is 2.48. The molecule has 2 N–H and O–H groups in total. The summed E-state index contributed by atoms with van der Waals surface area (Å²) in [4.78, 5) is 33.2. The Hall–Kier alpha value is -2.80. The van der Waals surface area contributed by atoms with E-state index in [9.17, 15) is 27.5 Å². The number of aromatic nitrogens is 2. The molecule has 35 heavy (non-hydrogen) atoms. The number of nitrogens with zero attached hydrogens (tertiary/aromatic N) is 3. The molecule has 1 aliphatic heterocycles. The molecule has 1 fully saturated rings. The van der Waals surface area contributed by atoms with Crippen LogP contribution in [0.3, 0.4) is 0 Å². The molecule has 0 atom stereocenters. The summed E-state index contributed by atoms with van der Waals surface area (Å²) in [7, 11) is -2.28. The summed E-state index contributed by atoms with van der Waals surface area (Å²) in [5.41, 5.74) is -0.255. The molecule has 2 aromatic heterocycles. The quantitative estimate of drug-likeness (QED) is 0.381. The zero-order valence-corrected chi connectivity index (χ0v) is 22.0. The minimum atomic E-state index is -3.67. The van der Waals surface area contributed by atoms with Crippen molar-refractivity contribution in [1.29, 1.82) is 0 Å². The number of pyridine rings is 2. The van der Waals surface area contributed by atoms with E-state index in [0.29, 0.717) is 18.4 Å². The maximum absolute atomic E-state index is 13.6. The normalized spacial score (nSPS) is 14.7. The van der Waals surface area contributed by atoms with Crippen molar-refractivity contribution < 1.29 is 57.1 Å². The predicted octanol–water partition coefficient (Wildman–Crippen LogP) is -1.93. The van der Waals surface area contributed by atoms with Crippen molar-refractivity contribution in [2.75, 3.05) is 23.7 Å². The molecule has 1 aromatic carbocycles. The molecule has 0 spiro atoms. The number of hydrogen-bond acceptors (Lipinski definition) is 7. The number of hydrogen-bond donors (Lipinski definition) is 2. The van der Waals surface area contributed by atoms with Gasteiger partial charge in [0.1, 0.15) is 11.5 Å². The molecule has 178 valence electrons. The number of benzene rings is 1. The van der Waals surface area contributed by atoms with E-state index in [1.807, 2.05) is 0 Å². The van der Waals surface area contributed by atoms with Gasteiger partial charge in [-0.3, -0.25) is 18.9 Å². The van der Waals surface area contributed by atoms with E-state index in [4.69, 9.17) is 0 Å². The van der Waals surface area contributed by atoms with E-state index >= 15 is 0 Å². The third kappa shape index (κ3) is 5.40. The van der Waals surface area contributed by atoms with E-state index < -0.39 is 39.1 Å². The van der Waals surface area contributed by atoms with Crippen molar-refractivity contribution in [2.24, 2.45) is 0 Å². The fourth-order valence-corrected chi connectivity index (χ4v) is 5.37. The molecule has 2 amide bonds. The Morgan fingerprint density at radius 1 is 1.20 bits per heavy atom. The molecular formula is C22H21FN5NaO5S. The molecule has 0 radical (unpaired) electrons. The van der Waals surface area contributed by atoms with Gasteiger partial charge >= 0.3 is 29.6 Å². The van der Waals surface area contributed by atoms with Crippen molar-refractivity contribution in [3.8, 4) is 5.75 Å². The number of nitrogens with one attached hydrogen (secondary N) is 2. The van der Waals surface area contributed by atoms with Crippen LogP contribution in [-0.2, 0) is 16.6 Å². The van der Waals surface area contributed by atoms with Crippen LogP contribution in [0.2, 0.25) is 0 Å². The van der Waals surface area contributed by atoms with E-state index in [1.165, 1.54) is 25.4 Å². The van der Waals surface area contributed by atoms with Crippen LogP contribution in [0.1, 0.15) is 39.3 Å². The average molecular weight is 509 g/mol. The van der Waals surface area contributed by atoms with Crippen LogP contribution in [-0.4, -0.2) is 49.5 Å². The molecular weight excluding hydrogens is 488 g/mol. The van der Waals surface area contributed by atoms with Crippen LogP contribution < -0.4 is 49.6 Å². The molecule has 10 nitrogen and oxygen atoms in total. The maximum Gasteiger partial charge on any atom is 1.00 e. The van der Waals surface area contributed by atoms with Crippen LogP contribution >= 0.6 is 0 Å². The molecule has 1 aliphatic rings. The Morgan fingerprint density at radius 3 is 2.69 bits per heavy atom. The van der Waals surface area contributed by atoms with Crippen LogP contribution in [0.25, 0.3) is 10.9 Å². The molecule has 3 heterocycles. The standard InChI is InChI=1S/C22H22FN5O5S.Na/c1-24-21(30)16-11-14(23)7-6-13(16)12-26-22(31)18-19(29)17-15(5-4-8-25-17)20(27-18)28-9-2-3-10-34(28,32)33;/h4-8,11,29H,2-3,9-10,12H2,1H3,(H,24,30)(H,26,31);/q;+1/p-1. The number of fused-ring (bicyclic) bond motifs is 1. The number of halogens is 1. The van der Waals surface area contributed by atoms with Gasteiger partial charge in [0.25, 0.3) is 11.8 Å². The predicted molar refractivity (Wildman–Crippen MR) is 120 cm³/mol. The molecule has 0 unspecified atom stereocenters. The van der Waals surface area contributed by atoms with Gasteiger partial charge in [0, 0.05) is 37.3 Å². The Balaban J connectivity index is 0.00000342. The van der Waals surface area contributed by atoms with Crippen molar-refractivity contribution in [3.63, 3.8) is 0 Å². The topological polar surface area (TPSA) is 144 Å². The van der Waals surface area contributed by atoms with Crippen LogP contribution in [0.15, 0.2) is 36.5 Å². The number of sulfonamides is 1. The maximum atomic E-state index is 13.6. The zero-order chi connectivity index (χ0) is 24.5. The molecule has 0 saturated carbocycles. The molecule has 1 saturated heterocycles. The summed E-state index contributed by atoms with van der Waals surface area (Å²) in [6, 6.07) is 6.62. The van der Waals surface area contributed by atoms with Crippen LogP contribution in [0.5, 0.6) is 5.75 Å². The van der Waals surface area contributed by atoms with Crippen molar-refractivity contribution in [2.45, 2.75) is 19.4 Å². The van der Waals surface area contributed by atoms with Gasteiger partial charge in [-0.1, -0.05) is 6.07 Å². The fourth-order valence-electron chi connectivity index (χ4n) is 3.77. The van der Waals surface area contributed by atoms with Gasteiger partial charge in [-0.15, -0.1) is 0 Å². The third-order valence-corrected chi connectivity index (χ3v) is 7.31. The number of amides is 2. The summed E-state index contributed by atoms with van der Waals surface area (Å²) in [5.74, 6) is -2.88. The van der Waals surface area contributed by atoms with Gasteiger partial charge in [0.2, 0.25) is 10.0 Å². The first-order chi connectivity index (χ1) is 16.2. The second-order valence-corrected chi connectivity index (χ2v) is 9.68. The third-order valence-electron chi connectivity index (χ3n) is 5.48. The Kier molecular flexibility index (Phi) is 8.31. The van der Waals surface area contributed by atoms with Crippen LogP contribution in [0.4, 0.5) is 10.2 Å². The largest absolute Gasteiger partial charge is 1.00 e. The monoisotopic (exact) mass is 509 g/mol. The fraction of sp³-hybridized carbons (Fsp3) is 0.273. The van der Waals surface area contributed by atoms with E-state index in [2.05, 4.69) is 20.6 Å². The second-order valence-electron chi connectivity index (χ2n) is 7.67. The second kappa shape index (κ2) is 10.9. The first-order valence-electron chi connectivity index (χ1n) is 10.5. The van der Waals surface area contributed by atoms with E-state index in [1.54, 1.807) is 6.07 Å². The first kappa shape index (κ1) is 26.8. The van der Waals surface area contributed by atoms with Crippen molar-refractivity contribution in [3.05, 3.63) is 59.2 Å². The van der Waals surface area contributed by atoms with Gasteiger partial charge in [0.05, 0.1) is 11.3 Å². The van der Waals surface area contributed by atoms with Gasteiger partial charge in [-0.2, -0.15) is 0 Å². The molecule has 13 heteroatoms. The Labute approximate surface area is 223 Å². The SMILES string of the molecule is CNC(=O)c1cc(F)ccc1CNC(=O)c1nc(N2CCCCS2(=O)=O)c2cccnc2c1[O-].[Na+]. The minimum absolute atomic E-state index is 0. The minimum Gasteiger partial charge on any atom is -0.869 e. The van der Waals surface area contributed by atoms with Gasteiger partial charge in [-0.05, 0) is 48.4 Å². The van der Waals surface area contributed by atoms with Crippen molar-refractivity contribution >= 4 is 38.6 Å². The van der Waals surface area contributed by atoms with E-state index in [-0.39, 0.29) is 70.7 Å². The van der Waals surface area contributed by atoms with Crippen molar-refractivity contribution in [1.82, 2.24) is 20.6 Å². The summed E-state index contributed by atoms with van der Waals surface area (Å²) < 4.78 is 40.1. The van der Waals surface area contributed by atoms with Gasteiger partial charge in [-0.25, -0.2) is 17.8 Å². The number of rotatable bonds is 5. The van der Waals surface area contributed by atoms with Gasteiger partial charge in [0.15, 0.2) is 5.82 Å². The summed E-state index contributed by atoms with van der Waals surface area (Å²) in [5, 5.41) is 18.1. The molecule has 3 aromatic rings. The number of anilines is 1. The molecule has 0 bridgehead atoms. The van der Waals surface area contributed by atoms with E-state index in [0.717, 1.165) is 16.4 Å².